The van der Waals surface area contributed by atoms with E-state index in [1.165, 1.54) is 30.3 Å². The van der Waals surface area contributed by atoms with E-state index in [4.69, 9.17) is 0 Å². The van der Waals surface area contributed by atoms with Gasteiger partial charge in [-0.3, -0.25) is 14.5 Å². The van der Waals surface area contributed by atoms with Gasteiger partial charge >= 0.3 is 12.1 Å². The van der Waals surface area contributed by atoms with Crippen molar-refractivity contribution in [2.24, 2.45) is 0 Å². The second-order valence-electron chi connectivity index (χ2n) is 9.07. The van der Waals surface area contributed by atoms with Crippen LogP contribution in [0.3, 0.4) is 0 Å². The summed E-state index contributed by atoms with van der Waals surface area (Å²) in [5.41, 5.74) is 2.31. The second kappa shape index (κ2) is 8.93. The number of para-hydroxylation sites is 2. The number of nitrogens with one attached hydrogen (secondary N) is 1. The summed E-state index contributed by atoms with van der Waals surface area (Å²) in [5, 5.41) is 3.13. The number of benzene rings is 3. The summed E-state index contributed by atoms with van der Waals surface area (Å²) in [7, 11) is 0. The van der Waals surface area contributed by atoms with Gasteiger partial charge in [0.2, 0.25) is 0 Å². The molecule has 3 aromatic carbocycles. The van der Waals surface area contributed by atoms with E-state index in [0.29, 0.717) is 17.0 Å². The molecule has 0 fully saturated rings. The third-order valence-corrected chi connectivity index (χ3v) is 6.70. The molecular weight excluding hydrogens is 472 g/mol. The number of alkyl halides is 3. The van der Waals surface area contributed by atoms with E-state index in [1.807, 2.05) is 31.2 Å². The number of amides is 1. The highest BCUT2D eigenvalue weighted by Gasteiger charge is 2.50. The topological polar surface area (TPSA) is 49.4 Å². The average Bonchev–Trinajstić information content (AvgIpc) is 2.98. The molecule has 0 spiro atoms. The van der Waals surface area contributed by atoms with E-state index in [1.54, 1.807) is 12.1 Å². The molecule has 184 valence electrons. The van der Waals surface area contributed by atoms with E-state index in [9.17, 15) is 22.8 Å². The van der Waals surface area contributed by atoms with Crippen LogP contribution in [0.15, 0.2) is 84.1 Å². The zero-order valence-electron chi connectivity index (χ0n) is 19.3. The van der Waals surface area contributed by atoms with Gasteiger partial charge in [-0.05, 0) is 43.0 Å². The number of aryl methyl sites for hydroxylation is 1. The predicted molar refractivity (Wildman–Crippen MR) is 128 cm³/mol. The van der Waals surface area contributed by atoms with Gasteiger partial charge in [-0.15, -0.1) is 0 Å². The number of rotatable bonds is 2. The number of carbonyl (C=O) groups excluding carboxylic acids is 2. The number of fused-ring (bicyclic) bond motifs is 1. The summed E-state index contributed by atoms with van der Waals surface area (Å²) < 4.78 is 56.8. The average molecular weight is 494 g/mol. The first kappa shape index (κ1) is 23.8. The largest absolute Gasteiger partial charge is 0.471 e. The maximum absolute atomic E-state index is 15.1. The highest BCUT2D eigenvalue weighted by molar-refractivity contribution is 6.07. The Morgan fingerprint density at radius 1 is 0.944 bits per heavy atom. The molecule has 1 aliphatic heterocycles. The van der Waals surface area contributed by atoms with Gasteiger partial charge in [-0.25, -0.2) is 4.39 Å². The van der Waals surface area contributed by atoms with Crippen LogP contribution in [-0.4, -0.2) is 17.9 Å². The highest BCUT2D eigenvalue weighted by Crippen LogP contribution is 2.48. The van der Waals surface area contributed by atoms with Crippen molar-refractivity contribution >= 4 is 23.1 Å². The van der Waals surface area contributed by atoms with E-state index in [0.717, 1.165) is 17.2 Å². The first-order chi connectivity index (χ1) is 17.1. The number of anilines is 2. The van der Waals surface area contributed by atoms with Crippen LogP contribution in [0.4, 0.5) is 28.9 Å². The minimum atomic E-state index is -5.25. The predicted octanol–water partition coefficient (Wildman–Crippen LogP) is 6.60. The first-order valence-electron chi connectivity index (χ1n) is 11.5. The zero-order chi connectivity index (χ0) is 25.6. The van der Waals surface area contributed by atoms with Crippen LogP contribution in [0, 0.1) is 12.7 Å². The van der Waals surface area contributed by atoms with Gasteiger partial charge in [0, 0.05) is 23.3 Å². The maximum Gasteiger partial charge on any atom is 0.471 e. The monoisotopic (exact) mass is 494 g/mol. The summed E-state index contributed by atoms with van der Waals surface area (Å²) in [6, 6.07) is 17.5. The van der Waals surface area contributed by atoms with Crippen molar-refractivity contribution in [2.75, 3.05) is 10.2 Å². The van der Waals surface area contributed by atoms with Gasteiger partial charge in [0.25, 0.3) is 0 Å². The number of allylic oxidation sites excluding steroid dienone is 1. The summed E-state index contributed by atoms with van der Waals surface area (Å²) in [5.74, 6) is -3.63. The Morgan fingerprint density at radius 3 is 2.31 bits per heavy atom. The zero-order valence-corrected chi connectivity index (χ0v) is 19.3. The fourth-order valence-electron chi connectivity index (χ4n) is 5.02. The molecule has 0 saturated heterocycles. The lowest BCUT2D eigenvalue weighted by Gasteiger charge is -2.35. The van der Waals surface area contributed by atoms with Crippen molar-refractivity contribution in [3.63, 3.8) is 0 Å². The summed E-state index contributed by atoms with van der Waals surface area (Å²) in [6.07, 6.45) is -4.90. The van der Waals surface area contributed by atoms with E-state index < -0.39 is 29.7 Å². The van der Waals surface area contributed by atoms with Gasteiger partial charge in [-0.1, -0.05) is 60.2 Å². The molecule has 0 aromatic heterocycles. The molecule has 1 N–H and O–H groups in total. The van der Waals surface area contributed by atoms with Crippen molar-refractivity contribution in [1.29, 1.82) is 0 Å². The first-order valence-corrected chi connectivity index (χ1v) is 11.5. The Labute approximate surface area is 205 Å². The lowest BCUT2D eigenvalue weighted by Crippen LogP contribution is -2.45. The fourth-order valence-corrected chi connectivity index (χ4v) is 5.02. The Bertz CT molecular complexity index is 1380. The van der Waals surface area contributed by atoms with Crippen molar-refractivity contribution in [3.8, 4) is 0 Å². The minimum absolute atomic E-state index is 0.0267. The summed E-state index contributed by atoms with van der Waals surface area (Å²) in [4.78, 5) is 27.0. The standard InChI is InChI=1S/C28H22F4N2O2/c1-16-10-12-17(13-11-16)18-14-22-25(24(35)15-18)26(19-6-2-3-7-20(19)29)34(27(36)28(30,31)32)23-9-5-4-8-21(23)33-22/h2-13,18,26,33H,14-15H2,1H3/t18-,26-/m0/s1. The summed E-state index contributed by atoms with van der Waals surface area (Å²) in [6.45, 7) is 1.95. The molecule has 0 bridgehead atoms. The quantitative estimate of drug-likeness (QED) is 0.409. The van der Waals surface area contributed by atoms with Crippen molar-refractivity contribution in [3.05, 3.63) is 107 Å². The van der Waals surface area contributed by atoms with Gasteiger partial charge in [0.15, 0.2) is 5.78 Å². The molecule has 2 aliphatic rings. The Kier molecular flexibility index (Phi) is 5.90. The molecule has 1 aliphatic carbocycles. The van der Waals surface area contributed by atoms with Gasteiger partial charge in [-0.2, -0.15) is 13.2 Å². The Balaban J connectivity index is 1.74. The smallest absolute Gasteiger partial charge is 0.357 e. The molecule has 3 aromatic rings. The van der Waals surface area contributed by atoms with Gasteiger partial charge in [0.1, 0.15) is 5.82 Å². The van der Waals surface area contributed by atoms with E-state index in [-0.39, 0.29) is 34.9 Å². The number of carbonyl (C=O) groups is 2. The van der Waals surface area contributed by atoms with Crippen LogP contribution >= 0.6 is 0 Å². The van der Waals surface area contributed by atoms with E-state index in [2.05, 4.69) is 5.32 Å². The molecule has 0 unspecified atom stereocenters. The second-order valence-corrected chi connectivity index (χ2v) is 9.07. The molecule has 5 rings (SSSR count). The fraction of sp³-hybridized carbons (Fsp3) is 0.214. The van der Waals surface area contributed by atoms with Crippen LogP contribution in [-0.2, 0) is 9.59 Å². The highest BCUT2D eigenvalue weighted by atomic mass is 19.4. The molecule has 0 saturated carbocycles. The van der Waals surface area contributed by atoms with Gasteiger partial charge < -0.3 is 5.32 Å². The number of halogens is 4. The number of ketones is 1. The normalized spacial score (nSPS) is 19.8. The molecule has 4 nitrogen and oxygen atoms in total. The van der Waals surface area contributed by atoms with Crippen LogP contribution < -0.4 is 10.2 Å². The number of nitrogens with zero attached hydrogens (tertiary/aromatic N) is 1. The third kappa shape index (κ3) is 4.17. The van der Waals surface area contributed by atoms with Crippen LogP contribution in [0.2, 0.25) is 0 Å². The van der Waals surface area contributed by atoms with Crippen molar-refractivity contribution in [1.82, 2.24) is 0 Å². The third-order valence-electron chi connectivity index (χ3n) is 6.70. The molecule has 0 radical (unpaired) electrons. The van der Waals surface area contributed by atoms with Crippen LogP contribution in [0.25, 0.3) is 0 Å². The molecule has 1 heterocycles. The lowest BCUT2D eigenvalue weighted by atomic mass is 9.78. The van der Waals surface area contributed by atoms with Crippen LogP contribution in [0.5, 0.6) is 0 Å². The molecule has 8 heteroatoms. The SMILES string of the molecule is Cc1ccc([C@@H]2CC(=O)C3=C(C2)Nc2ccccc2N(C(=O)C(F)(F)F)[C@H]3c2ccccc2F)cc1. The number of hydrogen-bond acceptors (Lipinski definition) is 3. The minimum Gasteiger partial charge on any atom is -0.357 e. The summed E-state index contributed by atoms with van der Waals surface area (Å²) >= 11 is 0. The van der Waals surface area contributed by atoms with Crippen molar-refractivity contribution < 1.29 is 27.2 Å². The van der Waals surface area contributed by atoms with Gasteiger partial charge in [0.05, 0.1) is 17.4 Å². The molecule has 36 heavy (non-hydrogen) atoms. The van der Waals surface area contributed by atoms with Crippen LogP contribution in [0.1, 0.15) is 41.5 Å². The number of Topliss-reactive ketones (excluding diaryl/α,β-unsaturated/α-hetero) is 1. The lowest BCUT2D eigenvalue weighted by molar-refractivity contribution is -0.170. The Hall–Kier alpha value is -3.94. The molecular formula is C28H22F4N2O2. The maximum atomic E-state index is 15.1. The molecule has 2 atom stereocenters. The Morgan fingerprint density at radius 2 is 1.61 bits per heavy atom. The molecule has 1 amide bonds. The number of hydrogen-bond donors (Lipinski definition) is 1. The van der Waals surface area contributed by atoms with Crippen molar-refractivity contribution in [2.45, 2.75) is 37.9 Å². The van der Waals surface area contributed by atoms with E-state index >= 15 is 4.39 Å².